The highest BCUT2D eigenvalue weighted by atomic mass is 15.2. The fourth-order valence-corrected chi connectivity index (χ4v) is 2.09. The lowest BCUT2D eigenvalue weighted by atomic mass is 10.1. The number of imidazole rings is 1. The molecule has 4 nitrogen and oxygen atoms in total. The molecule has 0 aliphatic carbocycles. The van der Waals surface area contributed by atoms with Crippen molar-refractivity contribution in [3.8, 4) is 5.69 Å². The number of anilines is 1. The minimum Gasteiger partial charge on any atom is -0.356 e. The molecule has 0 unspecified atom stereocenters. The number of hydrogen-bond acceptors (Lipinski definition) is 3. The number of fused-ring (bicyclic) bond motifs is 1. The van der Waals surface area contributed by atoms with Crippen molar-refractivity contribution < 1.29 is 0 Å². The molecule has 3 rings (SSSR count). The van der Waals surface area contributed by atoms with E-state index in [1.807, 2.05) is 35.3 Å². The molecule has 2 heterocycles. The topological polar surface area (TPSA) is 42.7 Å². The van der Waals surface area contributed by atoms with Crippen LogP contribution < -0.4 is 5.32 Å². The molecule has 0 aliphatic rings. The van der Waals surface area contributed by atoms with Gasteiger partial charge in [0.1, 0.15) is 0 Å². The number of pyridine rings is 1. The van der Waals surface area contributed by atoms with Crippen LogP contribution in [0.3, 0.4) is 0 Å². The van der Waals surface area contributed by atoms with E-state index in [1.54, 1.807) is 6.20 Å². The number of benzene rings is 1. The summed E-state index contributed by atoms with van der Waals surface area (Å²) in [6.45, 7) is 2.91. The van der Waals surface area contributed by atoms with Crippen LogP contribution in [-0.2, 0) is 0 Å². The first-order valence-corrected chi connectivity index (χ1v) is 6.00. The van der Waals surface area contributed by atoms with Gasteiger partial charge in [0.05, 0.1) is 5.69 Å². The normalized spacial score (nSPS) is 10.7. The van der Waals surface area contributed by atoms with Gasteiger partial charge >= 0.3 is 0 Å². The maximum Gasteiger partial charge on any atom is 0.207 e. The van der Waals surface area contributed by atoms with Crippen molar-refractivity contribution in [1.29, 1.82) is 0 Å². The van der Waals surface area contributed by atoms with Crippen molar-refractivity contribution in [2.24, 2.45) is 0 Å². The summed E-state index contributed by atoms with van der Waals surface area (Å²) in [6.07, 6.45) is 7.46. The number of aromatic nitrogens is 3. The average molecular weight is 238 g/mol. The zero-order valence-corrected chi connectivity index (χ0v) is 10.2. The van der Waals surface area contributed by atoms with Crippen LogP contribution in [0, 0.1) is 0 Å². The van der Waals surface area contributed by atoms with E-state index in [1.165, 1.54) is 5.39 Å². The molecular weight excluding hydrogens is 224 g/mol. The van der Waals surface area contributed by atoms with E-state index in [4.69, 9.17) is 0 Å². The van der Waals surface area contributed by atoms with Crippen molar-refractivity contribution in [2.45, 2.75) is 6.92 Å². The highest BCUT2D eigenvalue weighted by molar-refractivity contribution is 5.89. The molecule has 0 fully saturated rings. The summed E-state index contributed by atoms with van der Waals surface area (Å²) in [4.78, 5) is 8.53. The molecule has 0 aliphatic heterocycles. The second-order valence-corrected chi connectivity index (χ2v) is 4.03. The first-order valence-electron chi connectivity index (χ1n) is 6.00. The lowest BCUT2D eigenvalue weighted by Gasteiger charge is -2.10. The minimum absolute atomic E-state index is 0.847. The van der Waals surface area contributed by atoms with E-state index in [-0.39, 0.29) is 0 Å². The Hall–Kier alpha value is -2.36. The van der Waals surface area contributed by atoms with Crippen molar-refractivity contribution in [3.63, 3.8) is 0 Å². The van der Waals surface area contributed by atoms with Gasteiger partial charge in [-0.3, -0.25) is 9.55 Å². The van der Waals surface area contributed by atoms with Gasteiger partial charge in [-0.2, -0.15) is 0 Å². The summed E-state index contributed by atoms with van der Waals surface area (Å²) in [6, 6.07) is 8.23. The summed E-state index contributed by atoms with van der Waals surface area (Å²) in [7, 11) is 0. The Morgan fingerprint density at radius 3 is 3.06 bits per heavy atom. The molecule has 0 saturated carbocycles. The van der Waals surface area contributed by atoms with Gasteiger partial charge in [0.15, 0.2) is 0 Å². The van der Waals surface area contributed by atoms with Gasteiger partial charge in [-0.1, -0.05) is 12.1 Å². The third kappa shape index (κ3) is 1.72. The molecule has 0 saturated heterocycles. The lowest BCUT2D eigenvalue weighted by Crippen LogP contribution is -2.05. The largest absolute Gasteiger partial charge is 0.356 e. The summed E-state index contributed by atoms with van der Waals surface area (Å²) < 4.78 is 2.05. The van der Waals surface area contributed by atoms with E-state index in [9.17, 15) is 0 Å². The van der Waals surface area contributed by atoms with Crippen molar-refractivity contribution in [1.82, 2.24) is 14.5 Å². The minimum atomic E-state index is 0.847. The summed E-state index contributed by atoms with van der Waals surface area (Å²) >= 11 is 0. The van der Waals surface area contributed by atoms with Crippen LogP contribution in [0.1, 0.15) is 6.92 Å². The number of nitrogens with zero attached hydrogens (tertiary/aromatic N) is 3. The quantitative estimate of drug-likeness (QED) is 0.763. The second-order valence-electron chi connectivity index (χ2n) is 4.03. The fraction of sp³-hybridized carbons (Fsp3) is 0.143. The molecular formula is C14H14N4. The van der Waals surface area contributed by atoms with Crippen LogP contribution >= 0.6 is 0 Å². The maximum absolute atomic E-state index is 4.32. The van der Waals surface area contributed by atoms with Crippen LogP contribution in [0.15, 0.2) is 49.1 Å². The van der Waals surface area contributed by atoms with Crippen molar-refractivity contribution in [3.05, 3.63) is 49.1 Å². The SMILES string of the molecule is CCNc1nccn1-c1cccc2ccncc12. The van der Waals surface area contributed by atoms with Gasteiger partial charge in [0.25, 0.3) is 0 Å². The van der Waals surface area contributed by atoms with Gasteiger partial charge in [-0.05, 0) is 24.4 Å². The molecule has 1 N–H and O–H groups in total. The predicted octanol–water partition coefficient (Wildman–Crippen LogP) is 2.85. The number of nitrogens with one attached hydrogen (secondary N) is 1. The Morgan fingerprint density at radius 2 is 2.17 bits per heavy atom. The molecule has 2 aromatic heterocycles. The molecule has 90 valence electrons. The molecule has 0 radical (unpaired) electrons. The Balaban J connectivity index is 2.22. The lowest BCUT2D eigenvalue weighted by molar-refractivity contribution is 1.03. The van der Waals surface area contributed by atoms with Crippen LogP contribution in [0.2, 0.25) is 0 Å². The van der Waals surface area contributed by atoms with Crippen LogP contribution in [-0.4, -0.2) is 21.1 Å². The Bertz CT molecular complexity index is 667. The van der Waals surface area contributed by atoms with E-state index in [2.05, 4.69) is 34.3 Å². The van der Waals surface area contributed by atoms with Gasteiger partial charge in [0, 0.05) is 36.7 Å². The summed E-state index contributed by atoms with van der Waals surface area (Å²) in [5, 5.41) is 5.55. The molecule has 0 atom stereocenters. The highest BCUT2D eigenvalue weighted by Gasteiger charge is 2.07. The first-order chi connectivity index (χ1) is 8.90. The number of hydrogen-bond donors (Lipinski definition) is 1. The van der Waals surface area contributed by atoms with E-state index in [0.717, 1.165) is 23.6 Å². The molecule has 0 bridgehead atoms. The zero-order valence-electron chi connectivity index (χ0n) is 10.2. The van der Waals surface area contributed by atoms with Crippen LogP contribution in [0.5, 0.6) is 0 Å². The maximum atomic E-state index is 4.32. The highest BCUT2D eigenvalue weighted by Crippen LogP contribution is 2.23. The average Bonchev–Trinajstić information content (AvgIpc) is 2.87. The molecule has 3 aromatic rings. The standard InChI is InChI=1S/C14H14N4/c1-2-16-14-17-8-9-18(14)13-5-3-4-11-6-7-15-10-12(11)13/h3-10H,2H2,1H3,(H,16,17). The molecule has 4 heteroatoms. The van der Waals surface area contributed by atoms with Crippen molar-refractivity contribution in [2.75, 3.05) is 11.9 Å². The predicted molar refractivity (Wildman–Crippen MR) is 73.0 cm³/mol. The Kier molecular flexibility index (Phi) is 2.68. The van der Waals surface area contributed by atoms with Crippen LogP contribution in [0.25, 0.3) is 16.5 Å². The van der Waals surface area contributed by atoms with Gasteiger partial charge in [-0.15, -0.1) is 0 Å². The van der Waals surface area contributed by atoms with Crippen molar-refractivity contribution >= 4 is 16.7 Å². The molecule has 1 aromatic carbocycles. The van der Waals surface area contributed by atoms with Gasteiger partial charge in [-0.25, -0.2) is 4.98 Å². The van der Waals surface area contributed by atoms with Crippen LogP contribution in [0.4, 0.5) is 5.95 Å². The summed E-state index contributed by atoms with van der Waals surface area (Å²) in [5.74, 6) is 0.855. The number of rotatable bonds is 3. The third-order valence-electron chi connectivity index (χ3n) is 2.90. The molecule has 0 amide bonds. The monoisotopic (exact) mass is 238 g/mol. The Morgan fingerprint density at radius 1 is 1.22 bits per heavy atom. The Labute approximate surface area is 105 Å². The summed E-state index contributed by atoms with van der Waals surface area (Å²) in [5.41, 5.74) is 1.09. The first kappa shape index (κ1) is 10.8. The van der Waals surface area contributed by atoms with Gasteiger partial charge in [0.2, 0.25) is 5.95 Å². The molecule has 0 spiro atoms. The molecule has 18 heavy (non-hydrogen) atoms. The van der Waals surface area contributed by atoms with Gasteiger partial charge < -0.3 is 5.32 Å². The second kappa shape index (κ2) is 4.49. The van der Waals surface area contributed by atoms with E-state index >= 15 is 0 Å². The van der Waals surface area contributed by atoms with E-state index in [0.29, 0.717) is 0 Å². The zero-order chi connectivity index (χ0) is 12.4. The van der Waals surface area contributed by atoms with E-state index < -0.39 is 0 Å². The smallest absolute Gasteiger partial charge is 0.207 e. The fourth-order valence-electron chi connectivity index (χ4n) is 2.09. The third-order valence-corrected chi connectivity index (χ3v) is 2.90.